The first kappa shape index (κ1) is 17.3. The molecule has 0 saturated carbocycles. The lowest BCUT2D eigenvalue weighted by Crippen LogP contribution is -2.43. The van der Waals surface area contributed by atoms with Crippen LogP contribution in [0.5, 0.6) is 5.88 Å². The van der Waals surface area contributed by atoms with Crippen LogP contribution >= 0.6 is 0 Å². The zero-order chi connectivity index (χ0) is 17.0. The Morgan fingerprint density at radius 3 is 2.61 bits per heavy atom. The summed E-state index contributed by atoms with van der Waals surface area (Å²) in [6, 6.07) is 3.91. The highest BCUT2D eigenvalue weighted by Crippen LogP contribution is 2.23. The van der Waals surface area contributed by atoms with Crippen LogP contribution < -0.4 is 10.5 Å². The Balaban J connectivity index is 2.11. The minimum Gasteiger partial charge on any atom is -0.476 e. The average molecular weight is 314 g/mol. The van der Waals surface area contributed by atoms with Crippen LogP contribution in [0.3, 0.4) is 0 Å². The molecule has 0 amide bonds. The minimum atomic E-state index is -0.356. The van der Waals surface area contributed by atoms with Gasteiger partial charge in [0.2, 0.25) is 5.88 Å². The molecule has 23 heavy (non-hydrogen) atoms. The van der Waals surface area contributed by atoms with Gasteiger partial charge in [0.1, 0.15) is 12.4 Å². The van der Waals surface area contributed by atoms with E-state index in [4.69, 9.17) is 10.5 Å². The zero-order valence-corrected chi connectivity index (χ0v) is 14.6. The van der Waals surface area contributed by atoms with Gasteiger partial charge in [-0.2, -0.15) is 0 Å². The molecule has 2 rings (SSSR count). The molecule has 0 aromatic carbocycles. The molecule has 2 heterocycles. The van der Waals surface area contributed by atoms with Crippen molar-refractivity contribution in [2.75, 3.05) is 6.61 Å². The van der Waals surface area contributed by atoms with Crippen LogP contribution in [-0.4, -0.2) is 27.1 Å². The second-order valence-electron chi connectivity index (χ2n) is 6.88. The Morgan fingerprint density at radius 2 is 2.00 bits per heavy atom. The van der Waals surface area contributed by atoms with Crippen LogP contribution in [0.2, 0.25) is 0 Å². The molecule has 2 N–H and O–H groups in total. The predicted molar refractivity (Wildman–Crippen MR) is 92.3 cm³/mol. The van der Waals surface area contributed by atoms with E-state index in [0.717, 1.165) is 29.1 Å². The molecule has 2 aromatic rings. The minimum absolute atomic E-state index is 0.356. The average Bonchev–Trinajstić information content (AvgIpc) is 2.44. The van der Waals surface area contributed by atoms with Gasteiger partial charge in [-0.05, 0) is 45.2 Å². The summed E-state index contributed by atoms with van der Waals surface area (Å²) in [5.74, 6) is 1.90. The summed E-state index contributed by atoms with van der Waals surface area (Å²) < 4.78 is 5.85. The van der Waals surface area contributed by atoms with Gasteiger partial charge in [0.25, 0.3) is 0 Å². The van der Waals surface area contributed by atoms with Gasteiger partial charge in [-0.25, -0.2) is 15.0 Å². The van der Waals surface area contributed by atoms with Crippen LogP contribution in [0.4, 0.5) is 0 Å². The number of aromatic nitrogens is 3. The third kappa shape index (κ3) is 4.99. The largest absolute Gasteiger partial charge is 0.476 e. The van der Waals surface area contributed by atoms with Crippen LogP contribution in [0.15, 0.2) is 24.5 Å². The molecule has 5 nitrogen and oxygen atoms in total. The summed E-state index contributed by atoms with van der Waals surface area (Å²) in [7, 11) is 0. The van der Waals surface area contributed by atoms with Crippen molar-refractivity contribution in [3.8, 4) is 17.1 Å². The standard InChI is InChI=1S/C18H26N4O/c1-12(2)9-18(5,19)11-23-17-13(3)8-15(10-21-17)16-6-7-20-14(4)22-16/h6-8,10,12H,9,11,19H2,1-5H3. The second-order valence-corrected chi connectivity index (χ2v) is 6.88. The van der Waals surface area contributed by atoms with Crippen molar-refractivity contribution in [3.05, 3.63) is 35.9 Å². The van der Waals surface area contributed by atoms with Crippen LogP contribution in [-0.2, 0) is 0 Å². The summed E-state index contributed by atoms with van der Waals surface area (Å²) in [4.78, 5) is 13.0. The van der Waals surface area contributed by atoms with Gasteiger partial charge >= 0.3 is 0 Å². The van der Waals surface area contributed by atoms with E-state index in [0.29, 0.717) is 18.4 Å². The van der Waals surface area contributed by atoms with E-state index in [1.165, 1.54) is 0 Å². The van der Waals surface area contributed by atoms with Gasteiger partial charge in [0.15, 0.2) is 0 Å². The van der Waals surface area contributed by atoms with Crippen molar-refractivity contribution in [1.82, 2.24) is 15.0 Å². The van der Waals surface area contributed by atoms with Crippen molar-refractivity contribution in [1.29, 1.82) is 0 Å². The Hall–Kier alpha value is -2.01. The third-order valence-electron chi connectivity index (χ3n) is 3.52. The van der Waals surface area contributed by atoms with Crippen LogP contribution in [0.1, 0.15) is 38.6 Å². The molecule has 0 radical (unpaired) electrons. The van der Waals surface area contributed by atoms with Gasteiger partial charge in [0, 0.05) is 29.1 Å². The van der Waals surface area contributed by atoms with Crippen LogP contribution in [0.25, 0.3) is 11.3 Å². The lowest BCUT2D eigenvalue weighted by atomic mass is 9.93. The fraction of sp³-hybridized carbons (Fsp3) is 0.500. The van der Waals surface area contributed by atoms with Gasteiger partial charge < -0.3 is 10.5 Å². The number of ether oxygens (including phenoxy) is 1. The Kier molecular flexibility index (Phi) is 5.31. The molecule has 5 heteroatoms. The van der Waals surface area contributed by atoms with Crippen molar-refractivity contribution < 1.29 is 4.74 Å². The maximum atomic E-state index is 6.28. The fourth-order valence-corrected chi connectivity index (χ4v) is 2.70. The summed E-state index contributed by atoms with van der Waals surface area (Å²) in [5.41, 5.74) is 8.72. The number of nitrogens with two attached hydrogens (primary N) is 1. The van der Waals surface area contributed by atoms with E-state index in [2.05, 4.69) is 28.8 Å². The van der Waals surface area contributed by atoms with E-state index < -0.39 is 0 Å². The van der Waals surface area contributed by atoms with Crippen molar-refractivity contribution >= 4 is 0 Å². The first-order valence-corrected chi connectivity index (χ1v) is 7.95. The van der Waals surface area contributed by atoms with E-state index in [9.17, 15) is 0 Å². The van der Waals surface area contributed by atoms with E-state index in [1.807, 2.05) is 32.9 Å². The second kappa shape index (κ2) is 7.04. The number of hydrogen-bond donors (Lipinski definition) is 1. The Morgan fingerprint density at radius 1 is 1.26 bits per heavy atom. The third-order valence-corrected chi connectivity index (χ3v) is 3.52. The fourth-order valence-electron chi connectivity index (χ4n) is 2.70. The molecule has 0 aliphatic heterocycles. The van der Waals surface area contributed by atoms with E-state index in [1.54, 1.807) is 12.4 Å². The highest BCUT2D eigenvalue weighted by atomic mass is 16.5. The molecule has 0 aliphatic carbocycles. The summed E-state index contributed by atoms with van der Waals surface area (Å²) in [5, 5.41) is 0. The van der Waals surface area contributed by atoms with Crippen LogP contribution in [0, 0.1) is 19.8 Å². The molecule has 0 spiro atoms. The molecule has 2 aromatic heterocycles. The molecule has 0 bridgehead atoms. The first-order chi connectivity index (χ1) is 10.8. The quantitative estimate of drug-likeness (QED) is 0.885. The molecule has 1 unspecified atom stereocenters. The van der Waals surface area contributed by atoms with Gasteiger partial charge in [-0.3, -0.25) is 0 Å². The molecular weight excluding hydrogens is 288 g/mol. The number of nitrogens with zero attached hydrogens (tertiary/aromatic N) is 3. The Bertz CT molecular complexity index is 668. The molecule has 0 fully saturated rings. The Labute approximate surface area is 138 Å². The molecule has 0 aliphatic rings. The molecular formula is C18H26N4O. The number of aryl methyl sites for hydroxylation is 2. The topological polar surface area (TPSA) is 73.9 Å². The highest BCUT2D eigenvalue weighted by molar-refractivity contribution is 5.59. The van der Waals surface area contributed by atoms with E-state index in [-0.39, 0.29) is 5.54 Å². The normalized spacial score (nSPS) is 13.9. The lowest BCUT2D eigenvalue weighted by molar-refractivity contribution is 0.199. The SMILES string of the molecule is Cc1nccc(-c2cnc(OCC(C)(N)CC(C)C)c(C)c2)n1. The predicted octanol–water partition coefficient (Wildman–Crippen LogP) is 3.30. The van der Waals surface area contributed by atoms with Gasteiger partial charge in [-0.1, -0.05) is 13.8 Å². The van der Waals surface area contributed by atoms with Gasteiger partial charge in [0.05, 0.1) is 5.69 Å². The van der Waals surface area contributed by atoms with E-state index >= 15 is 0 Å². The van der Waals surface area contributed by atoms with Crippen molar-refractivity contribution in [2.45, 2.75) is 46.6 Å². The summed E-state index contributed by atoms with van der Waals surface area (Å²) in [6.45, 7) is 10.6. The molecule has 124 valence electrons. The first-order valence-electron chi connectivity index (χ1n) is 7.95. The number of rotatable bonds is 6. The summed E-state index contributed by atoms with van der Waals surface area (Å²) in [6.07, 6.45) is 4.44. The highest BCUT2D eigenvalue weighted by Gasteiger charge is 2.21. The smallest absolute Gasteiger partial charge is 0.216 e. The zero-order valence-electron chi connectivity index (χ0n) is 14.6. The number of hydrogen-bond acceptors (Lipinski definition) is 5. The maximum Gasteiger partial charge on any atom is 0.216 e. The van der Waals surface area contributed by atoms with Gasteiger partial charge in [-0.15, -0.1) is 0 Å². The molecule has 0 saturated heterocycles. The molecule has 1 atom stereocenters. The van der Waals surface area contributed by atoms with Crippen molar-refractivity contribution in [3.63, 3.8) is 0 Å². The van der Waals surface area contributed by atoms with Crippen molar-refractivity contribution in [2.24, 2.45) is 11.7 Å². The summed E-state index contributed by atoms with van der Waals surface area (Å²) >= 11 is 0. The number of pyridine rings is 1. The lowest BCUT2D eigenvalue weighted by Gasteiger charge is -2.26. The maximum absolute atomic E-state index is 6.28. The monoisotopic (exact) mass is 314 g/mol.